The Balaban J connectivity index is 1.29. The highest BCUT2D eigenvalue weighted by atomic mass is 16.2. The first-order valence-corrected chi connectivity index (χ1v) is 10.0. The molecule has 3 heterocycles. The van der Waals surface area contributed by atoms with Crippen LogP contribution in [0.15, 0.2) is 12.3 Å². The smallest absolute Gasteiger partial charge is 0.241 e. The van der Waals surface area contributed by atoms with E-state index < -0.39 is 0 Å². The van der Waals surface area contributed by atoms with Crippen molar-refractivity contribution in [2.45, 2.75) is 57.9 Å². The summed E-state index contributed by atoms with van der Waals surface area (Å²) in [5, 5.41) is 10.8. The molecule has 27 heavy (non-hydrogen) atoms. The number of hydrogen-bond acceptors (Lipinski definition) is 5. The maximum atomic E-state index is 12.4. The molecule has 0 spiro atoms. The molecule has 1 atom stereocenters. The van der Waals surface area contributed by atoms with E-state index >= 15 is 0 Å². The van der Waals surface area contributed by atoms with E-state index in [1.165, 1.54) is 24.1 Å². The third-order valence-corrected chi connectivity index (χ3v) is 5.61. The first-order valence-electron chi connectivity index (χ1n) is 10.0. The number of amides is 1. The highest BCUT2D eigenvalue weighted by molar-refractivity contribution is 5.75. The zero-order valence-corrected chi connectivity index (χ0v) is 16.0. The minimum absolute atomic E-state index is 0.0124. The van der Waals surface area contributed by atoms with Crippen molar-refractivity contribution in [3.8, 4) is 0 Å². The van der Waals surface area contributed by atoms with Gasteiger partial charge in [0.05, 0.1) is 0 Å². The summed E-state index contributed by atoms with van der Waals surface area (Å²) in [6.07, 6.45) is 8.10. The van der Waals surface area contributed by atoms with E-state index in [1.807, 2.05) is 10.7 Å². The zero-order valence-electron chi connectivity index (χ0n) is 16.0. The predicted octanol–water partition coefficient (Wildman–Crippen LogP) is 1.30. The van der Waals surface area contributed by atoms with Gasteiger partial charge in [-0.1, -0.05) is 0 Å². The van der Waals surface area contributed by atoms with Crippen LogP contribution in [0.1, 0.15) is 53.7 Å². The lowest BCUT2D eigenvalue weighted by atomic mass is 9.96. The van der Waals surface area contributed by atoms with Crippen LogP contribution in [0.25, 0.3) is 0 Å². The van der Waals surface area contributed by atoms with Crippen LogP contribution in [0.2, 0.25) is 0 Å². The molecule has 0 saturated carbocycles. The summed E-state index contributed by atoms with van der Waals surface area (Å²) < 4.78 is 1.84. The Morgan fingerprint density at radius 2 is 2.26 bits per heavy atom. The zero-order chi connectivity index (χ0) is 18.6. The van der Waals surface area contributed by atoms with Gasteiger partial charge in [0.2, 0.25) is 5.91 Å². The average Bonchev–Trinajstić information content (AvgIpc) is 3.32. The van der Waals surface area contributed by atoms with Crippen molar-refractivity contribution in [1.29, 1.82) is 0 Å². The molecule has 7 heteroatoms. The first kappa shape index (κ1) is 18.1. The molecule has 2 aliphatic rings. The van der Waals surface area contributed by atoms with Crippen molar-refractivity contribution in [2.24, 2.45) is 0 Å². The number of carbonyl (C=O) groups is 1. The molecule has 2 aromatic heterocycles. The molecule has 1 aliphatic carbocycles. The molecule has 2 N–H and O–H groups in total. The largest absolute Gasteiger partial charge is 0.354 e. The van der Waals surface area contributed by atoms with Crippen molar-refractivity contribution < 1.29 is 4.79 Å². The van der Waals surface area contributed by atoms with E-state index in [1.54, 1.807) is 6.20 Å². The van der Waals surface area contributed by atoms with Crippen LogP contribution in [0, 0.1) is 6.92 Å². The molecule has 1 aliphatic heterocycles. The maximum absolute atomic E-state index is 12.4. The Kier molecular flexibility index (Phi) is 5.48. The summed E-state index contributed by atoms with van der Waals surface area (Å²) in [5.41, 5.74) is 4.77. The van der Waals surface area contributed by atoms with Crippen molar-refractivity contribution in [1.82, 2.24) is 30.4 Å². The molecule has 1 unspecified atom stereocenters. The van der Waals surface area contributed by atoms with Gasteiger partial charge in [-0.2, -0.15) is 5.10 Å². The molecular weight excluding hydrogens is 340 g/mol. The summed E-state index contributed by atoms with van der Waals surface area (Å²) in [7, 11) is 0. The van der Waals surface area contributed by atoms with Gasteiger partial charge in [0, 0.05) is 48.7 Å². The van der Waals surface area contributed by atoms with E-state index in [0.717, 1.165) is 49.6 Å². The summed E-state index contributed by atoms with van der Waals surface area (Å²) in [6, 6.07) is 2.03. The molecule has 0 bridgehead atoms. The number of aryl methyl sites for hydroxylation is 2. The quantitative estimate of drug-likeness (QED) is 0.803. The Morgan fingerprint density at radius 1 is 1.33 bits per heavy atom. The molecular formula is C20H28N6O. The second-order valence-electron chi connectivity index (χ2n) is 7.56. The van der Waals surface area contributed by atoms with Gasteiger partial charge in [0.25, 0.3) is 0 Å². The van der Waals surface area contributed by atoms with Crippen molar-refractivity contribution in [2.75, 3.05) is 19.6 Å². The van der Waals surface area contributed by atoms with Crippen LogP contribution in [0.5, 0.6) is 0 Å². The Bertz CT molecular complexity index is 809. The lowest BCUT2D eigenvalue weighted by molar-refractivity contribution is -0.121. The highest BCUT2D eigenvalue weighted by Crippen LogP contribution is 2.23. The topological polar surface area (TPSA) is 84.7 Å². The summed E-state index contributed by atoms with van der Waals surface area (Å²) >= 11 is 0. The number of nitrogens with one attached hydrogen (secondary N) is 2. The van der Waals surface area contributed by atoms with Crippen molar-refractivity contribution in [3.63, 3.8) is 0 Å². The number of aromatic nitrogens is 4. The van der Waals surface area contributed by atoms with Gasteiger partial charge in [-0.25, -0.2) is 9.97 Å². The van der Waals surface area contributed by atoms with Gasteiger partial charge in [0.15, 0.2) is 0 Å². The van der Waals surface area contributed by atoms with Crippen LogP contribution in [-0.2, 0) is 30.6 Å². The first-order chi connectivity index (χ1) is 13.2. The molecule has 1 saturated heterocycles. The van der Waals surface area contributed by atoms with Gasteiger partial charge in [-0.3, -0.25) is 9.48 Å². The van der Waals surface area contributed by atoms with Gasteiger partial charge >= 0.3 is 0 Å². The van der Waals surface area contributed by atoms with Crippen LogP contribution >= 0.6 is 0 Å². The number of piperidine rings is 1. The molecule has 1 amide bonds. The molecule has 0 aromatic carbocycles. The van der Waals surface area contributed by atoms with E-state index in [0.29, 0.717) is 18.9 Å². The van der Waals surface area contributed by atoms with Crippen LogP contribution in [0.3, 0.4) is 0 Å². The molecule has 0 radical (unpaired) electrons. The standard InChI is InChI=1S/C20H28N6O/c1-14-16-5-2-6-17(16)25-19(24-14)8-10-22-20(27)13-26-18(7-11-23-26)15-4-3-9-21-12-15/h7,11,15,21H,2-6,8-10,12-13H2,1H3,(H,22,27). The highest BCUT2D eigenvalue weighted by Gasteiger charge is 2.20. The Labute approximate surface area is 160 Å². The van der Waals surface area contributed by atoms with Crippen molar-refractivity contribution >= 4 is 5.91 Å². The lowest BCUT2D eigenvalue weighted by Gasteiger charge is -2.23. The normalized spacial score (nSPS) is 19.1. The number of hydrogen-bond donors (Lipinski definition) is 2. The molecule has 1 fully saturated rings. The van der Waals surface area contributed by atoms with Gasteiger partial charge < -0.3 is 10.6 Å². The minimum Gasteiger partial charge on any atom is -0.354 e. The molecule has 7 nitrogen and oxygen atoms in total. The SMILES string of the molecule is Cc1nc(CCNC(=O)Cn2nccc2C2CCCNC2)nc2c1CCC2. The fraction of sp³-hybridized carbons (Fsp3) is 0.600. The van der Waals surface area contributed by atoms with Gasteiger partial charge in [-0.05, 0) is 57.2 Å². The number of fused-ring (bicyclic) bond motifs is 1. The third kappa shape index (κ3) is 4.18. The third-order valence-electron chi connectivity index (χ3n) is 5.61. The molecule has 144 valence electrons. The summed E-state index contributed by atoms with van der Waals surface area (Å²) in [4.78, 5) is 21.6. The Hall–Kier alpha value is -2.28. The van der Waals surface area contributed by atoms with E-state index in [4.69, 9.17) is 0 Å². The van der Waals surface area contributed by atoms with Gasteiger partial charge in [-0.15, -0.1) is 0 Å². The minimum atomic E-state index is -0.0124. The van der Waals surface area contributed by atoms with Gasteiger partial charge in [0.1, 0.15) is 12.4 Å². The fourth-order valence-corrected chi connectivity index (χ4v) is 4.23. The Morgan fingerprint density at radius 3 is 3.11 bits per heavy atom. The maximum Gasteiger partial charge on any atom is 0.241 e. The number of carbonyl (C=O) groups excluding carboxylic acids is 1. The predicted molar refractivity (Wildman–Crippen MR) is 103 cm³/mol. The summed E-state index contributed by atoms with van der Waals surface area (Å²) in [5.74, 6) is 1.26. The number of nitrogens with zero attached hydrogens (tertiary/aromatic N) is 4. The van der Waals surface area contributed by atoms with E-state index in [-0.39, 0.29) is 12.5 Å². The lowest BCUT2D eigenvalue weighted by Crippen LogP contribution is -2.33. The van der Waals surface area contributed by atoms with E-state index in [9.17, 15) is 4.79 Å². The fourth-order valence-electron chi connectivity index (χ4n) is 4.23. The van der Waals surface area contributed by atoms with Crippen LogP contribution in [-0.4, -0.2) is 45.3 Å². The summed E-state index contributed by atoms with van der Waals surface area (Å²) in [6.45, 7) is 4.92. The average molecular weight is 368 g/mol. The monoisotopic (exact) mass is 368 g/mol. The number of rotatable bonds is 6. The second-order valence-corrected chi connectivity index (χ2v) is 7.56. The molecule has 2 aromatic rings. The van der Waals surface area contributed by atoms with E-state index in [2.05, 4.69) is 32.6 Å². The van der Waals surface area contributed by atoms with Crippen LogP contribution < -0.4 is 10.6 Å². The van der Waals surface area contributed by atoms with Crippen LogP contribution in [0.4, 0.5) is 0 Å². The second kappa shape index (κ2) is 8.17. The molecule has 4 rings (SSSR count). The van der Waals surface area contributed by atoms with Crippen molar-refractivity contribution in [3.05, 3.63) is 40.7 Å².